The van der Waals surface area contributed by atoms with Gasteiger partial charge in [0.05, 0.1) is 18.7 Å². The number of benzene rings is 3. The third-order valence-corrected chi connectivity index (χ3v) is 23.4. The minimum atomic E-state index is -1.98. The van der Waals surface area contributed by atoms with Gasteiger partial charge in [0.2, 0.25) is 0 Å². The molecule has 0 radical (unpaired) electrons. The van der Waals surface area contributed by atoms with Gasteiger partial charge in [-0.2, -0.15) is 0 Å². The zero-order chi connectivity index (χ0) is 42.0. The molecule has 6 heteroatoms. The molecule has 11 atom stereocenters. The third-order valence-electron chi connectivity index (χ3n) is 18.9. The highest BCUT2D eigenvalue weighted by atomic mass is 79.9. The molecule has 5 aliphatic rings. The summed E-state index contributed by atoms with van der Waals surface area (Å²) in [5, 5.41) is 4.30. The molecule has 0 amide bonds. The number of hydrogen-bond donors (Lipinski definition) is 0. The van der Waals surface area contributed by atoms with E-state index in [0.29, 0.717) is 35.5 Å². The summed E-state index contributed by atoms with van der Waals surface area (Å²) >= 11 is 0. The maximum Gasteiger partial charge on any atom is 0.312 e. The summed E-state index contributed by atoms with van der Waals surface area (Å²) < 4.78 is 12.2. The van der Waals surface area contributed by atoms with Crippen LogP contribution in [0.15, 0.2) is 91.0 Å². The Morgan fingerprint density at radius 3 is 1.80 bits per heavy atom. The lowest BCUT2D eigenvalue weighted by molar-refractivity contribution is -0.261. The van der Waals surface area contributed by atoms with E-state index in [1.165, 1.54) is 41.6 Å². The fraction of sp³-hybridized carbons (Fsp3) is 0.630. The van der Waals surface area contributed by atoms with Gasteiger partial charge in [-0.3, -0.25) is 9.59 Å². The van der Waals surface area contributed by atoms with Gasteiger partial charge in [0, 0.05) is 12.3 Å². The molecule has 0 N–H and O–H groups in total. The average molecular weight is 898 g/mol. The first-order valence-corrected chi connectivity index (χ1v) is 25.4. The number of esters is 2. The van der Waals surface area contributed by atoms with E-state index >= 15 is 0 Å². The zero-order valence-electron chi connectivity index (χ0n) is 38.2. The number of methoxy groups -OCH3 is 1. The van der Waals surface area contributed by atoms with Gasteiger partial charge in [-0.15, -0.1) is 0 Å². The van der Waals surface area contributed by atoms with Crippen molar-refractivity contribution in [2.75, 3.05) is 13.3 Å². The molecule has 0 aromatic heterocycles. The van der Waals surface area contributed by atoms with E-state index in [2.05, 4.69) is 139 Å². The number of ether oxygens (including phenoxy) is 2. The Bertz CT molecular complexity index is 1870. The summed E-state index contributed by atoms with van der Waals surface area (Å²) in [6, 6.07) is 33.9. The number of halogens is 1. The summed E-state index contributed by atoms with van der Waals surface area (Å²) in [4.78, 5) is 26.9. The highest BCUT2D eigenvalue weighted by molar-refractivity contribution is 7.95. The van der Waals surface area contributed by atoms with Crippen LogP contribution in [0.1, 0.15) is 126 Å². The van der Waals surface area contributed by atoms with Crippen molar-refractivity contribution in [1.82, 2.24) is 0 Å². The molecule has 4 nitrogen and oxygen atoms in total. The van der Waals surface area contributed by atoms with Crippen LogP contribution in [0.2, 0.25) is 0 Å². The van der Waals surface area contributed by atoms with Crippen molar-refractivity contribution in [1.29, 1.82) is 0 Å². The second kappa shape index (κ2) is 16.9. The Labute approximate surface area is 374 Å². The molecular weight excluding hydrogens is 823 g/mol. The van der Waals surface area contributed by atoms with Crippen molar-refractivity contribution >= 4 is 35.1 Å². The standard InChI is InChI=1S/C54H74O4P.BrH/c1-37(2)43-29-32-54(49(56)57-9)34-33-52(7)44(47(43)54)27-28-46-51(6)36-39(48(58-38(3)55)50(4,5)45(51)30-31-53(46,52)8)20-19-35-59(40-21-13-10-14-22-40,41-23-15-11-16-24-41)42-25-17-12-18-26-42;/h10-18,21-26,37,39,43-48H,19-20,27-36H2,1-9H3;1H/q+1;/p-1/t39?,43-,44+,45-,46+,47+,48-,51-,52+,53+,54-;/m0./s1. The van der Waals surface area contributed by atoms with E-state index in [4.69, 9.17) is 9.47 Å². The molecule has 0 bridgehead atoms. The number of hydrogen-bond acceptors (Lipinski definition) is 4. The highest BCUT2D eigenvalue weighted by Crippen LogP contribution is 2.78. The molecule has 5 aliphatic carbocycles. The molecular formula is C54H74BrO4P. The molecule has 3 aromatic carbocycles. The predicted molar refractivity (Wildman–Crippen MR) is 245 cm³/mol. The molecule has 5 fully saturated rings. The molecule has 0 saturated heterocycles. The fourth-order valence-corrected chi connectivity index (χ4v) is 20.8. The molecule has 3 aromatic rings. The van der Waals surface area contributed by atoms with Crippen molar-refractivity contribution in [2.45, 2.75) is 132 Å². The summed E-state index contributed by atoms with van der Waals surface area (Å²) in [6.45, 7) is 19.4. The molecule has 0 heterocycles. The summed E-state index contributed by atoms with van der Waals surface area (Å²) in [5.41, 5.74) is 0.0106. The van der Waals surface area contributed by atoms with Gasteiger partial charge in [0.25, 0.3) is 0 Å². The summed E-state index contributed by atoms with van der Waals surface area (Å²) in [6.07, 6.45) is 13.3. The Hall–Kier alpha value is -2.49. The molecule has 0 aliphatic heterocycles. The van der Waals surface area contributed by atoms with Crippen LogP contribution in [0.5, 0.6) is 0 Å². The van der Waals surface area contributed by atoms with Crippen LogP contribution in [0.3, 0.4) is 0 Å². The van der Waals surface area contributed by atoms with Gasteiger partial charge in [-0.05, 0) is 165 Å². The van der Waals surface area contributed by atoms with E-state index in [-0.39, 0.29) is 68.0 Å². The smallest absolute Gasteiger partial charge is 0.312 e. The van der Waals surface area contributed by atoms with Gasteiger partial charge in [-0.25, -0.2) is 0 Å². The summed E-state index contributed by atoms with van der Waals surface area (Å²) in [5.74, 6) is 3.37. The van der Waals surface area contributed by atoms with Crippen LogP contribution in [-0.2, 0) is 19.1 Å². The van der Waals surface area contributed by atoms with Crippen molar-refractivity contribution in [2.24, 2.45) is 68.5 Å². The normalized spacial score (nSPS) is 36.7. The van der Waals surface area contributed by atoms with Gasteiger partial charge in [0.1, 0.15) is 29.3 Å². The Kier molecular flexibility index (Phi) is 12.8. The quantitative estimate of drug-likeness (QED) is 0.151. The lowest BCUT2D eigenvalue weighted by Gasteiger charge is -2.73. The first kappa shape index (κ1) is 45.5. The largest absolute Gasteiger partial charge is 1.00 e. The van der Waals surface area contributed by atoms with E-state index < -0.39 is 7.26 Å². The molecule has 60 heavy (non-hydrogen) atoms. The maximum atomic E-state index is 13.9. The van der Waals surface area contributed by atoms with E-state index in [0.717, 1.165) is 51.1 Å². The fourth-order valence-electron chi connectivity index (χ4n) is 16.5. The van der Waals surface area contributed by atoms with Crippen molar-refractivity contribution in [3.05, 3.63) is 91.0 Å². The van der Waals surface area contributed by atoms with E-state index in [9.17, 15) is 9.59 Å². The lowest BCUT2D eigenvalue weighted by Crippen LogP contribution is -3.00. The summed E-state index contributed by atoms with van der Waals surface area (Å²) in [7, 11) is -0.356. The first-order chi connectivity index (χ1) is 28.1. The number of carbonyl (C=O) groups excluding carboxylic acids is 2. The highest BCUT2D eigenvalue weighted by Gasteiger charge is 2.73. The van der Waals surface area contributed by atoms with Crippen LogP contribution in [0.4, 0.5) is 0 Å². The van der Waals surface area contributed by atoms with Crippen LogP contribution in [-0.4, -0.2) is 31.3 Å². The molecule has 0 spiro atoms. The number of rotatable bonds is 10. The van der Waals surface area contributed by atoms with E-state index in [1.54, 1.807) is 14.0 Å². The molecule has 8 rings (SSSR count). The van der Waals surface area contributed by atoms with Crippen LogP contribution >= 0.6 is 7.26 Å². The Morgan fingerprint density at radius 2 is 1.28 bits per heavy atom. The zero-order valence-corrected chi connectivity index (χ0v) is 40.7. The van der Waals surface area contributed by atoms with Crippen LogP contribution in [0, 0.1) is 68.5 Å². The monoisotopic (exact) mass is 896 g/mol. The van der Waals surface area contributed by atoms with Gasteiger partial charge < -0.3 is 26.5 Å². The molecule has 5 saturated carbocycles. The first-order valence-electron chi connectivity index (χ1n) is 23.4. The van der Waals surface area contributed by atoms with Crippen LogP contribution < -0.4 is 32.9 Å². The SMILES string of the molecule is COC(=O)[C@]12CC[C@@H](C(C)C)[C@@H]1[C@H]1CC[C@@H]3[C@@]4(C)CC(CCC[P+](c5ccccc5)(c5ccccc5)c5ccccc5)[C@H](OC(C)=O)C(C)(C)[C@@H]4CC[C@@]3(C)[C@]1(C)CC2.[Br-]. The third kappa shape index (κ3) is 6.91. The van der Waals surface area contributed by atoms with Gasteiger partial charge >= 0.3 is 11.9 Å². The maximum absolute atomic E-state index is 13.9. The second-order valence-electron chi connectivity index (χ2n) is 21.8. The van der Waals surface area contributed by atoms with Crippen molar-refractivity contribution < 1.29 is 36.0 Å². The van der Waals surface area contributed by atoms with E-state index in [1.807, 2.05) is 0 Å². The lowest BCUT2D eigenvalue weighted by atomic mass is 9.31. The van der Waals surface area contributed by atoms with Gasteiger partial charge in [0.15, 0.2) is 0 Å². The Balaban J connectivity index is 0.00000544. The van der Waals surface area contributed by atoms with Crippen molar-refractivity contribution in [3.8, 4) is 0 Å². The molecule has 1 unspecified atom stereocenters. The topological polar surface area (TPSA) is 52.6 Å². The minimum absolute atomic E-state index is 0. The van der Waals surface area contributed by atoms with Crippen LogP contribution in [0.25, 0.3) is 0 Å². The Morgan fingerprint density at radius 1 is 0.717 bits per heavy atom. The average Bonchev–Trinajstić information content (AvgIpc) is 3.63. The number of carbonyl (C=O) groups is 2. The van der Waals surface area contributed by atoms with Gasteiger partial charge in [-0.1, -0.05) is 103 Å². The predicted octanol–water partition coefficient (Wildman–Crippen LogP) is 8.83. The minimum Gasteiger partial charge on any atom is -1.00 e. The van der Waals surface area contributed by atoms with Crippen molar-refractivity contribution in [3.63, 3.8) is 0 Å². The number of fused-ring (bicyclic) bond motifs is 7. The molecule has 326 valence electrons. The second-order valence-corrected chi connectivity index (χ2v) is 25.4.